The smallest absolute Gasteiger partial charge is 0.0632 e. The number of nitrogens with zero attached hydrogens (tertiary/aromatic N) is 1. The Morgan fingerprint density at radius 2 is 2.44 bits per heavy atom. The zero-order chi connectivity index (χ0) is 11.5. The maximum atomic E-state index is 10.1. The molecule has 4 heteroatoms. The number of aliphatic hydroxyl groups excluding tert-OH is 1. The van der Waals surface area contributed by atoms with Gasteiger partial charge >= 0.3 is 0 Å². The number of halogens is 1. The lowest BCUT2D eigenvalue weighted by molar-refractivity contribution is 0.0806. The van der Waals surface area contributed by atoms with Gasteiger partial charge in [0.15, 0.2) is 0 Å². The van der Waals surface area contributed by atoms with Crippen molar-refractivity contribution in [1.29, 1.82) is 0 Å². The van der Waals surface area contributed by atoms with E-state index in [0.717, 1.165) is 16.5 Å². The molecule has 0 spiro atoms. The zero-order valence-electron chi connectivity index (χ0n) is 9.27. The van der Waals surface area contributed by atoms with Gasteiger partial charge in [-0.05, 0) is 40.9 Å². The van der Waals surface area contributed by atoms with Gasteiger partial charge in [-0.3, -0.25) is 4.98 Å². The van der Waals surface area contributed by atoms with E-state index < -0.39 is 0 Å². The molecule has 0 aliphatic carbocycles. The summed E-state index contributed by atoms with van der Waals surface area (Å²) in [7, 11) is 0. The highest BCUT2D eigenvalue weighted by atomic mass is 79.9. The SMILES string of the molecule is CC1CC(C(O)Cc2cncc(Br)c2)CO1. The molecule has 1 N–H and O–H groups in total. The first-order chi connectivity index (χ1) is 7.65. The number of ether oxygens (including phenoxy) is 1. The van der Waals surface area contributed by atoms with Gasteiger partial charge in [-0.2, -0.15) is 0 Å². The Hall–Kier alpha value is -0.450. The van der Waals surface area contributed by atoms with Crippen molar-refractivity contribution in [3.05, 3.63) is 28.5 Å². The molecule has 1 saturated heterocycles. The maximum Gasteiger partial charge on any atom is 0.0632 e. The number of hydrogen-bond acceptors (Lipinski definition) is 3. The molecule has 2 rings (SSSR count). The lowest BCUT2D eigenvalue weighted by Crippen LogP contribution is -2.23. The third kappa shape index (κ3) is 3.03. The monoisotopic (exact) mass is 285 g/mol. The minimum absolute atomic E-state index is 0.258. The van der Waals surface area contributed by atoms with Crippen molar-refractivity contribution in [2.24, 2.45) is 5.92 Å². The lowest BCUT2D eigenvalue weighted by Gasteiger charge is -2.16. The molecule has 3 unspecified atom stereocenters. The van der Waals surface area contributed by atoms with E-state index in [1.54, 1.807) is 12.4 Å². The molecule has 0 aromatic carbocycles. The highest BCUT2D eigenvalue weighted by Crippen LogP contribution is 2.24. The summed E-state index contributed by atoms with van der Waals surface area (Å²) in [5.41, 5.74) is 1.06. The molecule has 0 radical (unpaired) electrons. The molecule has 0 bridgehead atoms. The normalized spacial score (nSPS) is 26.9. The Kier molecular flexibility index (Phi) is 3.95. The highest BCUT2D eigenvalue weighted by Gasteiger charge is 2.28. The molecule has 0 amide bonds. The van der Waals surface area contributed by atoms with Gasteiger partial charge in [0.05, 0.1) is 18.8 Å². The Balaban J connectivity index is 1.94. The van der Waals surface area contributed by atoms with Crippen molar-refractivity contribution in [1.82, 2.24) is 4.98 Å². The van der Waals surface area contributed by atoms with E-state index in [-0.39, 0.29) is 18.1 Å². The summed E-state index contributed by atoms with van der Waals surface area (Å²) in [6, 6.07) is 2.00. The van der Waals surface area contributed by atoms with Gasteiger partial charge in [0.2, 0.25) is 0 Å². The number of hydrogen-bond donors (Lipinski definition) is 1. The van der Waals surface area contributed by atoms with E-state index >= 15 is 0 Å². The van der Waals surface area contributed by atoms with Gasteiger partial charge in [-0.1, -0.05) is 0 Å². The minimum atomic E-state index is -0.332. The van der Waals surface area contributed by atoms with Crippen LogP contribution in [0.4, 0.5) is 0 Å². The molecule has 1 aliphatic rings. The molecule has 3 nitrogen and oxygen atoms in total. The summed E-state index contributed by atoms with van der Waals surface area (Å²) in [6.07, 6.45) is 5.08. The Morgan fingerprint density at radius 1 is 1.62 bits per heavy atom. The van der Waals surface area contributed by atoms with Crippen molar-refractivity contribution >= 4 is 15.9 Å². The van der Waals surface area contributed by atoms with Crippen LogP contribution in [0.15, 0.2) is 22.9 Å². The average Bonchev–Trinajstić information content (AvgIpc) is 2.65. The second-order valence-corrected chi connectivity index (χ2v) is 5.34. The van der Waals surface area contributed by atoms with Gasteiger partial charge in [-0.15, -0.1) is 0 Å². The van der Waals surface area contributed by atoms with Crippen LogP contribution in [-0.4, -0.2) is 28.9 Å². The number of rotatable bonds is 3. The Labute approximate surface area is 104 Å². The fourth-order valence-electron chi connectivity index (χ4n) is 2.09. The standard InChI is InChI=1S/C12H16BrNO2/c1-8-2-10(7-16-8)12(15)4-9-3-11(13)6-14-5-9/h3,5-6,8,10,12,15H,2,4,7H2,1H3. The largest absolute Gasteiger partial charge is 0.392 e. The highest BCUT2D eigenvalue weighted by molar-refractivity contribution is 9.10. The first kappa shape index (κ1) is 12.0. The summed E-state index contributed by atoms with van der Waals surface area (Å²) < 4.78 is 6.42. The molecule has 1 fully saturated rings. The predicted molar refractivity (Wildman–Crippen MR) is 65.2 cm³/mol. The summed E-state index contributed by atoms with van der Waals surface area (Å²) in [5, 5.41) is 10.1. The molecule has 2 heterocycles. The summed E-state index contributed by atoms with van der Waals surface area (Å²) in [6.45, 7) is 2.72. The fourth-order valence-corrected chi connectivity index (χ4v) is 2.51. The molecular weight excluding hydrogens is 270 g/mol. The topological polar surface area (TPSA) is 42.4 Å². The first-order valence-corrected chi connectivity index (χ1v) is 6.33. The number of aromatic nitrogens is 1. The first-order valence-electron chi connectivity index (χ1n) is 5.54. The van der Waals surface area contributed by atoms with E-state index in [0.29, 0.717) is 13.0 Å². The second-order valence-electron chi connectivity index (χ2n) is 4.42. The van der Waals surface area contributed by atoms with E-state index in [1.807, 2.05) is 13.0 Å². The van der Waals surface area contributed by atoms with Crippen molar-refractivity contribution in [3.8, 4) is 0 Å². The van der Waals surface area contributed by atoms with Gasteiger partial charge in [0.1, 0.15) is 0 Å². The average molecular weight is 286 g/mol. The molecule has 1 aromatic heterocycles. The van der Waals surface area contributed by atoms with Gasteiger partial charge < -0.3 is 9.84 Å². The Morgan fingerprint density at radius 3 is 3.06 bits per heavy atom. The third-order valence-corrected chi connectivity index (χ3v) is 3.41. The summed E-state index contributed by atoms with van der Waals surface area (Å²) >= 11 is 3.38. The van der Waals surface area contributed by atoms with E-state index in [1.165, 1.54) is 0 Å². The predicted octanol–water partition coefficient (Wildman–Crippen LogP) is 2.17. The van der Waals surface area contributed by atoms with Crippen LogP contribution in [0.5, 0.6) is 0 Å². The number of aliphatic hydroxyl groups is 1. The van der Waals surface area contributed by atoms with E-state index in [9.17, 15) is 5.11 Å². The summed E-state index contributed by atoms with van der Waals surface area (Å²) in [4.78, 5) is 4.09. The third-order valence-electron chi connectivity index (χ3n) is 2.98. The zero-order valence-corrected chi connectivity index (χ0v) is 10.9. The molecule has 16 heavy (non-hydrogen) atoms. The molecule has 1 aromatic rings. The van der Waals surface area contributed by atoms with Crippen molar-refractivity contribution in [2.75, 3.05) is 6.61 Å². The van der Waals surface area contributed by atoms with Crippen molar-refractivity contribution in [2.45, 2.75) is 32.0 Å². The molecule has 88 valence electrons. The molecule has 3 atom stereocenters. The van der Waals surface area contributed by atoms with Crippen LogP contribution in [0.1, 0.15) is 18.9 Å². The van der Waals surface area contributed by atoms with Crippen molar-refractivity contribution in [3.63, 3.8) is 0 Å². The quantitative estimate of drug-likeness (QED) is 0.926. The van der Waals surface area contributed by atoms with Crippen LogP contribution in [-0.2, 0) is 11.2 Å². The van der Waals surface area contributed by atoms with Gasteiger partial charge in [0.25, 0.3) is 0 Å². The van der Waals surface area contributed by atoms with Crippen LogP contribution in [0.25, 0.3) is 0 Å². The minimum Gasteiger partial charge on any atom is -0.392 e. The van der Waals surface area contributed by atoms with Crippen LogP contribution in [0.2, 0.25) is 0 Å². The summed E-state index contributed by atoms with van der Waals surface area (Å²) in [5.74, 6) is 0.258. The second kappa shape index (κ2) is 5.25. The molecule has 1 aliphatic heterocycles. The Bertz CT molecular complexity index is 359. The number of pyridine rings is 1. The van der Waals surface area contributed by atoms with Crippen LogP contribution >= 0.6 is 15.9 Å². The molecule has 0 saturated carbocycles. The van der Waals surface area contributed by atoms with Crippen molar-refractivity contribution < 1.29 is 9.84 Å². The van der Waals surface area contributed by atoms with E-state index in [4.69, 9.17) is 4.74 Å². The maximum absolute atomic E-state index is 10.1. The van der Waals surface area contributed by atoms with Gasteiger partial charge in [0, 0.05) is 29.2 Å². The van der Waals surface area contributed by atoms with Crippen LogP contribution in [0.3, 0.4) is 0 Å². The lowest BCUT2D eigenvalue weighted by atomic mass is 9.95. The fraction of sp³-hybridized carbons (Fsp3) is 0.583. The van der Waals surface area contributed by atoms with Gasteiger partial charge in [-0.25, -0.2) is 0 Å². The molecular formula is C12H16BrNO2. The van der Waals surface area contributed by atoms with Crippen LogP contribution in [0, 0.1) is 5.92 Å². The van der Waals surface area contributed by atoms with E-state index in [2.05, 4.69) is 20.9 Å². The van der Waals surface area contributed by atoms with Crippen LogP contribution < -0.4 is 0 Å².